The van der Waals surface area contributed by atoms with Crippen LogP contribution in [0.5, 0.6) is 0 Å². The lowest BCUT2D eigenvalue weighted by Gasteiger charge is -2.12. The van der Waals surface area contributed by atoms with Gasteiger partial charge in [-0.3, -0.25) is 4.79 Å². The second-order valence-corrected chi connectivity index (χ2v) is 7.13. The first kappa shape index (κ1) is 21.0. The van der Waals surface area contributed by atoms with Crippen molar-refractivity contribution in [2.24, 2.45) is 5.73 Å². The predicted molar refractivity (Wildman–Crippen MR) is 116 cm³/mol. The Hall–Kier alpha value is -2.27. The number of benzene rings is 3. The Balaban J connectivity index is 0.00000261. The first-order valence-electron chi connectivity index (χ1n) is 8.58. The van der Waals surface area contributed by atoms with Gasteiger partial charge in [0.2, 0.25) is 5.91 Å². The molecule has 0 bridgehead atoms. The topological polar surface area (TPSA) is 55.1 Å². The van der Waals surface area contributed by atoms with Crippen LogP contribution < -0.4 is 11.1 Å². The van der Waals surface area contributed by atoms with E-state index in [9.17, 15) is 4.79 Å². The minimum atomic E-state index is -0.565. The molecular weight excluding hydrogens is 376 g/mol. The van der Waals surface area contributed by atoms with E-state index in [4.69, 9.17) is 5.73 Å². The molecule has 5 heteroatoms. The van der Waals surface area contributed by atoms with Crippen molar-refractivity contribution in [3.05, 3.63) is 96.1 Å². The van der Waals surface area contributed by atoms with E-state index in [1.807, 2.05) is 72.8 Å². The molecule has 1 amide bonds. The van der Waals surface area contributed by atoms with E-state index in [0.717, 1.165) is 17.0 Å². The number of carbonyl (C=O) groups excluding carboxylic acids is 1. The SMILES string of the molecule is Cl.NC(Cc1ccccc1)C(=O)Nc1ccc(SCc2ccccc2)cc1. The maximum Gasteiger partial charge on any atom is 0.241 e. The summed E-state index contributed by atoms with van der Waals surface area (Å²) in [6.45, 7) is 0. The number of rotatable bonds is 7. The molecule has 0 heterocycles. The third-order valence-corrected chi connectivity index (χ3v) is 5.09. The smallest absolute Gasteiger partial charge is 0.241 e. The summed E-state index contributed by atoms with van der Waals surface area (Å²) in [5.41, 5.74) is 9.14. The average Bonchev–Trinajstić information content (AvgIpc) is 2.69. The van der Waals surface area contributed by atoms with Crippen molar-refractivity contribution in [1.82, 2.24) is 0 Å². The summed E-state index contributed by atoms with van der Waals surface area (Å²) in [4.78, 5) is 13.4. The van der Waals surface area contributed by atoms with Gasteiger partial charge in [-0.1, -0.05) is 60.7 Å². The van der Waals surface area contributed by atoms with Gasteiger partial charge in [-0.2, -0.15) is 0 Å². The molecule has 3 aromatic carbocycles. The van der Waals surface area contributed by atoms with Crippen LogP contribution in [0.15, 0.2) is 89.8 Å². The number of nitrogens with one attached hydrogen (secondary N) is 1. The second-order valence-electron chi connectivity index (χ2n) is 6.08. The van der Waals surface area contributed by atoms with Crippen molar-refractivity contribution in [2.45, 2.75) is 23.1 Å². The van der Waals surface area contributed by atoms with Crippen molar-refractivity contribution < 1.29 is 4.79 Å². The highest BCUT2D eigenvalue weighted by atomic mass is 35.5. The highest BCUT2D eigenvalue weighted by molar-refractivity contribution is 7.98. The highest BCUT2D eigenvalue weighted by Gasteiger charge is 2.14. The Bertz CT molecular complexity index is 826. The van der Waals surface area contributed by atoms with E-state index < -0.39 is 6.04 Å². The number of hydrogen-bond acceptors (Lipinski definition) is 3. The van der Waals surface area contributed by atoms with Gasteiger partial charge in [0.25, 0.3) is 0 Å². The van der Waals surface area contributed by atoms with Crippen LogP contribution in [0.1, 0.15) is 11.1 Å². The summed E-state index contributed by atoms with van der Waals surface area (Å²) in [6, 6.07) is 27.5. The van der Waals surface area contributed by atoms with Gasteiger partial charge in [0.05, 0.1) is 6.04 Å². The normalized spacial score (nSPS) is 11.3. The summed E-state index contributed by atoms with van der Waals surface area (Å²) in [5.74, 6) is 0.757. The molecule has 0 radical (unpaired) electrons. The van der Waals surface area contributed by atoms with Crippen LogP contribution in [0.25, 0.3) is 0 Å². The molecule has 0 fully saturated rings. The van der Waals surface area contributed by atoms with Crippen molar-refractivity contribution in [2.75, 3.05) is 5.32 Å². The van der Waals surface area contributed by atoms with Gasteiger partial charge in [-0.05, 0) is 41.8 Å². The van der Waals surface area contributed by atoms with Gasteiger partial charge < -0.3 is 11.1 Å². The van der Waals surface area contributed by atoms with Gasteiger partial charge in [0.15, 0.2) is 0 Å². The summed E-state index contributed by atoms with van der Waals surface area (Å²) < 4.78 is 0. The minimum absolute atomic E-state index is 0. The molecule has 3 N–H and O–H groups in total. The first-order chi connectivity index (χ1) is 12.7. The molecule has 27 heavy (non-hydrogen) atoms. The summed E-state index contributed by atoms with van der Waals surface area (Å²) in [5, 5.41) is 2.89. The standard InChI is InChI=1S/C22H22N2OS.ClH/c23-21(15-17-7-3-1-4-8-17)22(25)24-19-11-13-20(14-12-19)26-16-18-9-5-2-6-10-18;/h1-14,21H,15-16,23H2,(H,24,25);1H. The Labute approximate surface area is 170 Å². The maximum atomic E-state index is 12.3. The van der Waals surface area contributed by atoms with Gasteiger partial charge in [-0.25, -0.2) is 0 Å². The molecule has 0 saturated heterocycles. The van der Waals surface area contributed by atoms with Crippen LogP contribution in [0, 0.1) is 0 Å². The maximum absolute atomic E-state index is 12.3. The van der Waals surface area contributed by atoms with Gasteiger partial charge in [0, 0.05) is 16.3 Å². The molecule has 1 unspecified atom stereocenters. The van der Waals surface area contributed by atoms with E-state index in [1.165, 1.54) is 10.5 Å². The molecule has 0 aliphatic carbocycles. The zero-order chi connectivity index (χ0) is 18.2. The van der Waals surface area contributed by atoms with Crippen LogP contribution >= 0.6 is 24.2 Å². The van der Waals surface area contributed by atoms with Crippen LogP contribution in [0.3, 0.4) is 0 Å². The fraction of sp³-hybridized carbons (Fsp3) is 0.136. The number of nitrogens with two attached hydrogens (primary N) is 1. The minimum Gasteiger partial charge on any atom is -0.325 e. The zero-order valence-electron chi connectivity index (χ0n) is 14.9. The fourth-order valence-electron chi connectivity index (χ4n) is 2.57. The van der Waals surface area contributed by atoms with Crippen molar-refractivity contribution in [1.29, 1.82) is 0 Å². The number of carbonyl (C=O) groups is 1. The summed E-state index contributed by atoms with van der Waals surface area (Å²) in [6.07, 6.45) is 0.525. The molecule has 3 nitrogen and oxygen atoms in total. The largest absolute Gasteiger partial charge is 0.325 e. The fourth-order valence-corrected chi connectivity index (χ4v) is 3.43. The van der Waals surface area contributed by atoms with Crippen LogP contribution in [0.4, 0.5) is 5.69 Å². The molecule has 0 aromatic heterocycles. The van der Waals surface area contributed by atoms with Crippen molar-refractivity contribution in [3.8, 4) is 0 Å². The molecule has 0 spiro atoms. The average molecular weight is 399 g/mol. The van der Waals surface area contributed by atoms with Gasteiger partial charge in [-0.15, -0.1) is 24.2 Å². The van der Waals surface area contributed by atoms with E-state index in [0.29, 0.717) is 6.42 Å². The quantitative estimate of drug-likeness (QED) is 0.556. The van der Waals surface area contributed by atoms with Gasteiger partial charge >= 0.3 is 0 Å². The Morgan fingerprint density at radius 2 is 1.41 bits per heavy atom. The number of anilines is 1. The lowest BCUT2D eigenvalue weighted by molar-refractivity contribution is -0.117. The van der Waals surface area contributed by atoms with Crippen molar-refractivity contribution in [3.63, 3.8) is 0 Å². The molecule has 3 rings (SSSR count). The summed E-state index contributed by atoms with van der Waals surface area (Å²) in [7, 11) is 0. The zero-order valence-corrected chi connectivity index (χ0v) is 16.5. The third-order valence-electron chi connectivity index (χ3n) is 4.01. The number of thioether (sulfide) groups is 1. The number of amides is 1. The lowest BCUT2D eigenvalue weighted by atomic mass is 10.1. The van der Waals surface area contributed by atoms with E-state index in [2.05, 4.69) is 17.4 Å². The van der Waals surface area contributed by atoms with Crippen molar-refractivity contribution >= 4 is 35.8 Å². The van der Waals surface area contributed by atoms with E-state index in [-0.39, 0.29) is 18.3 Å². The Morgan fingerprint density at radius 1 is 0.852 bits per heavy atom. The van der Waals surface area contributed by atoms with Crippen LogP contribution in [0.2, 0.25) is 0 Å². The van der Waals surface area contributed by atoms with Gasteiger partial charge in [0.1, 0.15) is 0 Å². The Morgan fingerprint density at radius 3 is 2.00 bits per heavy atom. The predicted octanol–water partition coefficient (Wildman–Crippen LogP) is 4.91. The monoisotopic (exact) mass is 398 g/mol. The molecule has 1 atom stereocenters. The molecule has 0 aliphatic heterocycles. The molecule has 3 aromatic rings. The summed E-state index contributed by atoms with van der Waals surface area (Å²) >= 11 is 1.77. The highest BCUT2D eigenvalue weighted by Crippen LogP contribution is 2.24. The molecule has 0 saturated carbocycles. The third kappa shape index (κ3) is 6.75. The molecule has 140 valence electrons. The van der Waals surface area contributed by atoms with Crippen LogP contribution in [-0.2, 0) is 17.0 Å². The van der Waals surface area contributed by atoms with E-state index in [1.54, 1.807) is 11.8 Å². The first-order valence-corrected chi connectivity index (χ1v) is 9.56. The molecular formula is C22H23ClN2OS. The Kier molecular flexibility index (Phi) is 8.40. The lowest BCUT2D eigenvalue weighted by Crippen LogP contribution is -2.37. The van der Waals surface area contributed by atoms with E-state index >= 15 is 0 Å². The molecule has 0 aliphatic rings. The number of halogens is 1. The second kappa shape index (κ2) is 10.8. The van der Waals surface area contributed by atoms with Crippen LogP contribution in [-0.4, -0.2) is 11.9 Å². The number of hydrogen-bond donors (Lipinski definition) is 2.